The van der Waals surface area contributed by atoms with Gasteiger partial charge in [0, 0.05) is 5.56 Å². The minimum Gasteiger partial charge on any atom is -0.383 e. The topological polar surface area (TPSA) is 77.8 Å². The Morgan fingerprint density at radius 3 is 2.50 bits per heavy atom. The lowest BCUT2D eigenvalue weighted by Gasteiger charge is -2.13. The van der Waals surface area contributed by atoms with Gasteiger partial charge >= 0.3 is 0 Å². The fourth-order valence-corrected chi connectivity index (χ4v) is 2.11. The monoisotopic (exact) mass is 242 g/mol. The zero-order valence-electron chi connectivity index (χ0n) is 10.8. The summed E-state index contributed by atoms with van der Waals surface area (Å²) in [6.07, 6.45) is 1.84. The maximum absolute atomic E-state index is 6.02. The van der Waals surface area contributed by atoms with Gasteiger partial charge in [0.2, 0.25) is 5.95 Å². The summed E-state index contributed by atoms with van der Waals surface area (Å²) in [5, 5.41) is 0. The minimum atomic E-state index is 0.244. The Balaban J connectivity index is 2.66. The normalized spacial score (nSPS) is 10.6. The SMILES string of the molecule is CCCc1nc(N)nc(N)c1-c1ccccc1C. The van der Waals surface area contributed by atoms with E-state index in [1.165, 1.54) is 0 Å². The first-order valence-electron chi connectivity index (χ1n) is 6.11. The Labute approximate surface area is 107 Å². The van der Waals surface area contributed by atoms with Crippen molar-refractivity contribution in [2.75, 3.05) is 11.5 Å². The van der Waals surface area contributed by atoms with Crippen molar-refractivity contribution < 1.29 is 0 Å². The summed E-state index contributed by atoms with van der Waals surface area (Å²) in [5.41, 5.74) is 15.8. The van der Waals surface area contributed by atoms with Gasteiger partial charge in [-0.1, -0.05) is 37.6 Å². The lowest BCUT2D eigenvalue weighted by Crippen LogP contribution is -2.07. The third-order valence-electron chi connectivity index (χ3n) is 2.93. The average molecular weight is 242 g/mol. The molecule has 1 aromatic heterocycles. The average Bonchev–Trinajstić information content (AvgIpc) is 2.31. The van der Waals surface area contributed by atoms with Crippen LogP contribution in [0.3, 0.4) is 0 Å². The van der Waals surface area contributed by atoms with E-state index in [1.54, 1.807) is 0 Å². The summed E-state index contributed by atoms with van der Waals surface area (Å²) >= 11 is 0. The third kappa shape index (κ3) is 2.27. The number of benzene rings is 1. The van der Waals surface area contributed by atoms with E-state index in [0.29, 0.717) is 5.82 Å². The van der Waals surface area contributed by atoms with Gasteiger partial charge in [0.15, 0.2) is 0 Å². The maximum Gasteiger partial charge on any atom is 0.222 e. The van der Waals surface area contributed by atoms with Gasteiger partial charge < -0.3 is 11.5 Å². The number of hydrogen-bond acceptors (Lipinski definition) is 4. The predicted molar refractivity (Wildman–Crippen MR) is 75.0 cm³/mol. The fourth-order valence-electron chi connectivity index (χ4n) is 2.11. The number of nitrogens with two attached hydrogens (primary N) is 2. The van der Waals surface area contributed by atoms with Crippen LogP contribution < -0.4 is 11.5 Å². The van der Waals surface area contributed by atoms with Gasteiger partial charge in [-0.05, 0) is 24.5 Å². The van der Waals surface area contributed by atoms with Crippen LogP contribution in [-0.4, -0.2) is 9.97 Å². The van der Waals surface area contributed by atoms with Crippen molar-refractivity contribution in [1.29, 1.82) is 0 Å². The highest BCUT2D eigenvalue weighted by Crippen LogP contribution is 2.31. The number of nitrogen functional groups attached to an aromatic ring is 2. The molecule has 0 aliphatic heterocycles. The van der Waals surface area contributed by atoms with Crippen molar-refractivity contribution >= 4 is 11.8 Å². The number of anilines is 2. The molecule has 0 aliphatic carbocycles. The van der Waals surface area contributed by atoms with Crippen molar-refractivity contribution in [3.63, 3.8) is 0 Å². The molecule has 0 aliphatic rings. The molecule has 4 nitrogen and oxygen atoms in total. The van der Waals surface area contributed by atoms with E-state index in [-0.39, 0.29) is 5.95 Å². The lowest BCUT2D eigenvalue weighted by atomic mass is 9.98. The standard InChI is InChI=1S/C14H18N4/c1-3-6-11-12(13(15)18-14(16)17-11)10-8-5-4-7-9(10)2/h4-5,7-8H,3,6H2,1-2H3,(H4,15,16,17,18). The van der Waals surface area contributed by atoms with Crippen LogP contribution in [0.25, 0.3) is 11.1 Å². The van der Waals surface area contributed by atoms with Gasteiger partial charge in [-0.2, -0.15) is 4.98 Å². The highest BCUT2D eigenvalue weighted by molar-refractivity contribution is 5.78. The molecule has 18 heavy (non-hydrogen) atoms. The predicted octanol–water partition coefficient (Wildman–Crippen LogP) is 2.57. The second-order valence-corrected chi connectivity index (χ2v) is 4.35. The van der Waals surface area contributed by atoms with Crippen LogP contribution in [0.1, 0.15) is 24.6 Å². The van der Waals surface area contributed by atoms with E-state index in [2.05, 4.69) is 29.9 Å². The van der Waals surface area contributed by atoms with Crippen LogP contribution in [-0.2, 0) is 6.42 Å². The highest BCUT2D eigenvalue weighted by Gasteiger charge is 2.14. The molecule has 0 amide bonds. The first-order valence-corrected chi connectivity index (χ1v) is 6.11. The second-order valence-electron chi connectivity index (χ2n) is 4.35. The molecule has 0 unspecified atom stereocenters. The molecule has 4 heteroatoms. The molecule has 94 valence electrons. The van der Waals surface area contributed by atoms with Crippen molar-refractivity contribution in [2.45, 2.75) is 26.7 Å². The summed E-state index contributed by atoms with van der Waals surface area (Å²) in [5.74, 6) is 0.702. The van der Waals surface area contributed by atoms with Gasteiger partial charge in [0.05, 0.1) is 5.69 Å². The van der Waals surface area contributed by atoms with Gasteiger partial charge in [-0.15, -0.1) is 0 Å². The third-order valence-corrected chi connectivity index (χ3v) is 2.93. The van der Waals surface area contributed by atoms with E-state index in [4.69, 9.17) is 11.5 Å². The summed E-state index contributed by atoms with van der Waals surface area (Å²) in [6.45, 7) is 4.16. The largest absolute Gasteiger partial charge is 0.383 e. The zero-order chi connectivity index (χ0) is 13.1. The summed E-state index contributed by atoms with van der Waals surface area (Å²) in [7, 11) is 0. The van der Waals surface area contributed by atoms with Gasteiger partial charge in [0.1, 0.15) is 5.82 Å². The van der Waals surface area contributed by atoms with E-state index in [0.717, 1.165) is 35.2 Å². The van der Waals surface area contributed by atoms with Gasteiger partial charge in [-0.25, -0.2) is 4.98 Å². The molecule has 2 rings (SSSR count). The number of aryl methyl sites for hydroxylation is 2. The van der Waals surface area contributed by atoms with Crippen LogP contribution in [0.4, 0.5) is 11.8 Å². The van der Waals surface area contributed by atoms with Gasteiger partial charge in [0.25, 0.3) is 0 Å². The van der Waals surface area contributed by atoms with Crippen molar-refractivity contribution in [3.05, 3.63) is 35.5 Å². The Bertz CT molecular complexity index is 564. The first kappa shape index (κ1) is 12.4. The smallest absolute Gasteiger partial charge is 0.222 e. The van der Waals surface area contributed by atoms with Crippen molar-refractivity contribution in [2.24, 2.45) is 0 Å². The van der Waals surface area contributed by atoms with Crippen molar-refractivity contribution in [3.8, 4) is 11.1 Å². The van der Waals surface area contributed by atoms with Crippen LogP contribution in [0.2, 0.25) is 0 Å². The lowest BCUT2D eigenvalue weighted by molar-refractivity contribution is 0.880. The molecule has 0 spiro atoms. The second kappa shape index (κ2) is 5.04. The Hall–Kier alpha value is -2.10. The molecule has 4 N–H and O–H groups in total. The summed E-state index contributed by atoms with van der Waals surface area (Å²) < 4.78 is 0. The molecular weight excluding hydrogens is 224 g/mol. The molecule has 0 atom stereocenters. The molecule has 1 heterocycles. The van der Waals surface area contributed by atoms with E-state index < -0.39 is 0 Å². The highest BCUT2D eigenvalue weighted by atomic mass is 15.0. The number of rotatable bonds is 3. The fraction of sp³-hybridized carbons (Fsp3) is 0.286. The summed E-state index contributed by atoms with van der Waals surface area (Å²) in [4.78, 5) is 8.41. The van der Waals surface area contributed by atoms with Crippen LogP contribution in [0.5, 0.6) is 0 Å². The molecule has 1 aromatic carbocycles. The molecule has 0 bridgehead atoms. The molecule has 2 aromatic rings. The molecule has 0 radical (unpaired) electrons. The van der Waals surface area contributed by atoms with E-state index in [9.17, 15) is 0 Å². The maximum atomic E-state index is 6.02. The number of aromatic nitrogens is 2. The first-order chi connectivity index (χ1) is 8.63. The van der Waals surface area contributed by atoms with Crippen LogP contribution in [0.15, 0.2) is 24.3 Å². The number of hydrogen-bond donors (Lipinski definition) is 2. The molecule has 0 saturated heterocycles. The summed E-state index contributed by atoms with van der Waals surface area (Å²) in [6, 6.07) is 8.10. The Kier molecular flexibility index (Phi) is 3.46. The zero-order valence-corrected chi connectivity index (χ0v) is 10.8. The quantitative estimate of drug-likeness (QED) is 0.867. The molecule has 0 fully saturated rings. The van der Waals surface area contributed by atoms with Crippen LogP contribution in [0, 0.1) is 6.92 Å². The minimum absolute atomic E-state index is 0.244. The number of nitrogens with zero attached hydrogens (tertiary/aromatic N) is 2. The Morgan fingerprint density at radius 1 is 1.11 bits per heavy atom. The van der Waals surface area contributed by atoms with E-state index in [1.807, 2.05) is 18.2 Å². The molecular formula is C14H18N4. The Morgan fingerprint density at radius 2 is 1.83 bits per heavy atom. The molecule has 0 saturated carbocycles. The van der Waals surface area contributed by atoms with Gasteiger partial charge in [-0.3, -0.25) is 0 Å². The van der Waals surface area contributed by atoms with Crippen molar-refractivity contribution in [1.82, 2.24) is 9.97 Å². The van der Waals surface area contributed by atoms with E-state index >= 15 is 0 Å². The van der Waals surface area contributed by atoms with Crippen LogP contribution >= 0.6 is 0 Å².